The summed E-state index contributed by atoms with van der Waals surface area (Å²) < 4.78 is 0. The first-order valence-electron chi connectivity index (χ1n) is 19.1. The van der Waals surface area contributed by atoms with Gasteiger partial charge in [-0.05, 0) is 94.7 Å². The van der Waals surface area contributed by atoms with Crippen molar-refractivity contribution in [2.75, 3.05) is 0 Å². The van der Waals surface area contributed by atoms with Gasteiger partial charge >= 0.3 is 0 Å². The van der Waals surface area contributed by atoms with Gasteiger partial charge in [-0.15, -0.1) is 0 Å². The normalized spacial score (nSPS) is 13.1. The Labute approximate surface area is 320 Å². The van der Waals surface area contributed by atoms with Gasteiger partial charge in [-0.3, -0.25) is 0 Å². The van der Waals surface area contributed by atoms with Gasteiger partial charge in [-0.25, -0.2) is 9.97 Å². The lowest BCUT2D eigenvalue weighted by atomic mass is 9.82. The molecule has 0 radical (unpaired) electrons. The van der Waals surface area contributed by atoms with Crippen molar-refractivity contribution in [2.45, 2.75) is 19.3 Å². The second-order valence-electron chi connectivity index (χ2n) is 15.3. The molecule has 0 N–H and O–H groups in total. The first-order chi connectivity index (χ1) is 27.0. The molecule has 55 heavy (non-hydrogen) atoms. The molecule has 2 nitrogen and oxygen atoms in total. The molecule has 11 rings (SSSR count). The largest absolute Gasteiger partial charge is 0.228 e. The van der Waals surface area contributed by atoms with Crippen molar-refractivity contribution in [1.82, 2.24) is 9.97 Å². The lowest BCUT2D eigenvalue weighted by Gasteiger charge is -2.21. The van der Waals surface area contributed by atoms with Crippen molar-refractivity contribution in [3.05, 3.63) is 193 Å². The van der Waals surface area contributed by atoms with Gasteiger partial charge in [0.1, 0.15) is 0 Å². The van der Waals surface area contributed by atoms with E-state index in [1.165, 1.54) is 71.1 Å². The van der Waals surface area contributed by atoms with E-state index in [4.69, 9.17) is 9.97 Å². The number of aromatic nitrogens is 2. The van der Waals surface area contributed by atoms with E-state index in [1.54, 1.807) is 0 Å². The zero-order chi connectivity index (χ0) is 36.7. The maximum absolute atomic E-state index is 5.31. The van der Waals surface area contributed by atoms with Gasteiger partial charge in [0, 0.05) is 22.1 Å². The van der Waals surface area contributed by atoms with E-state index in [1.807, 2.05) is 6.07 Å². The molecule has 10 aromatic rings. The van der Waals surface area contributed by atoms with Crippen molar-refractivity contribution in [3.8, 4) is 56.2 Å². The van der Waals surface area contributed by atoms with Crippen LogP contribution < -0.4 is 0 Å². The summed E-state index contributed by atoms with van der Waals surface area (Å²) >= 11 is 0. The Hall–Kier alpha value is -6.90. The fraction of sp³-hybridized carbons (Fsp3) is 0.0566. The molecule has 0 fully saturated rings. The van der Waals surface area contributed by atoms with E-state index < -0.39 is 0 Å². The third-order valence-electron chi connectivity index (χ3n) is 11.9. The Morgan fingerprint density at radius 2 is 0.982 bits per heavy atom. The molecular weight excluding hydrogens is 665 g/mol. The van der Waals surface area contributed by atoms with Crippen molar-refractivity contribution >= 4 is 43.1 Å². The second kappa shape index (κ2) is 12.1. The van der Waals surface area contributed by atoms with E-state index in [2.05, 4.69) is 190 Å². The van der Waals surface area contributed by atoms with Crippen LogP contribution in [0.5, 0.6) is 0 Å². The van der Waals surface area contributed by atoms with Gasteiger partial charge < -0.3 is 0 Å². The molecule has 1 aliphatic carbocycles. The average molecular weight is 701 g/mol. The number of hydrogen-bond donors (Lipinski definition) is 0. The van der Waals surface area contributed by atoms with Crippen LogP contribution in [-0.2, 0) is 5.41 Å². The Kier molecular flexibility index (Phi) is 6.93. The molecule has 0 bridgehead atoms. The van der Waals surface area contributed by atoms with Crippen molar-refractivity contribution in [2.24, 2.45) is 0 Å². The van der Waals surface area contributed by atoms with E-state index in [-0.39, 0.29) is 5.41 Å². The first kappa shape index (κ1) is 31.6. The van der Waals surface area contributed by atoms with Crippen LogP contribution in [-0.4, -0.2) is 9.97 Å². The van der Waals surface area contributed by atoms with Crippen LogP contribution in [0.1, 0.15) is 25.0 Å². The number of benzene rings is 9. The third kappa shape index (κ3) is 4.88. The summed E-state index contributed by atoms with van der Waals surface area (Å²) in [6.45, 7) is 4.65. The molecule has 0 saturated heterocycles. The number of hydrogen-bond acceptors (Lipinski definition) is 2. The predicted molar refractivity (Wildman–Crippen MR) is 231 cm³/mol. The van der Waals surface area contributed by atoms with Crippen LogP contribution in [0.15, 0.2) is 182 Å². The van der Waals surface area contributed by atoms with Crippen LogP contribution >= 0.6 is 0 Å². The van der Waals surface area contributed by atoms with Gasteiger partial charge in [0.25, 0.3) is 0 Å². The molecule has 0 atom stereocenters. The van der Waals surface area contributed by atoms with Crippen molar-refractivity contribution in [3.63, 3.8) is 0 Å². The molecule has 0 aliphatic heterocycles. The molecule has 0 saturated carbocycles. The number of fused-ring (bicyclic) bond motifs is 8. The summed E-state index contributed by atoms with van der Waals surface area (Å²) in [6.07, 6.45) is 0. The maximum atomic E-state index is 5.31. The lowest BCUT2D eigenvalue weighted by molar-refractivity contribution is 0.660. The summed E-state index contributed by atoms with van der Waals surface area (Å²) in [5.74, 6) is 0.717. The minimum absolute atomic E-state index is 0.0559. The smallest absolute Gasteiger partial charge is 0.160 e. The standard InChI is InChI=1S/C53H36N2/c1-53(2)47-23-13-12-22-41(47)46-31-36(25-29-48(46)53)49-32-50(55-52(54-49)34-15-4-3-5-16-34)42-27-28-43(40-21-11-10-20-39(40)42)51-38-19-9-7-17-35(38)30-45-37-18-8-6-14-33(37)24-26-44(45)51/h3-32H,1-2H3. The fourth-order valence-electron chi connectivity index (χ4n) is 9.18. The Balaban J connectivity index is 1.15. The van der Waals surface area contributed by atoms with Gasteiger partial charge in [0.15, 0.2) is 5.82 Å². The van der Waals surface area contributed by atoms with Crippen molar-refractivity contribution < 1.29 is 0 Å². The van der Waals surface area contributed by atoms with Gasteiger partial charge in [0.2, 0.25) is 0 Å². The molecule has 9 aromatic carbocycles. The minimum Gasteiger partial charge on any atom is -0.228 e. The predicted octanol–water partition coefficient (Wildman–Crippen LogP) is 14.1. The van der Waals surface area contributed by atoms with Gasteiger partial charge in [-0.1, -0.05) is 178 Å². The molecule has 0 amide bonds. The summed E-state index contributed by atoms with van der Waals surface area (Å²) in [7, 11) is 0. The van der Waals surface area contributed by atoms with Crippen LogP contribution in [0.2, 0.25) is 0 Å². The number of rotatable bonds is 4. The zero-order valence-corrected chi connectivity index (χ0v) is 30.7. The van der Waals surface area contributed by atoms with E-state index in [9.17, 15) is 0 Å². The Bertz CT molecular complexity index is 3170. The highest BCUT2D eigenvalue weighted by molar-refractivity contribution is 6.23. The van der Waals surface area contributed by atoms with Crippen LogP contribution in [0.25, 0.3) is 99.2 Å². The fourth-order valence-corrected chi connectivity index (χ4v) is 9.18. The topological polar surface area (TPSA) is 25.8 Å². The second-order valence-corrected chi connectivity index (χ2v) is 15.3. The molecule has 0 unspecified atom stereocenters. The molecule has 1 aromatic heterocycles. The van der Waals surface area contributed by atoms with E-state index in [0.717, 1.165) is 39.3 Å². The lowest BCUT2D eigenvalue weighted by Crippen LogP contribution is -2.14. The molecule has 1 heterocycles. The van der Waals surface area contributed by atoms with Gasteiger partial charge in [-0.2, -0.15) is 0 Å². The Morgan fingerprint density at radius 1 is 0.345 bits per heavy atom. The zero-order valence-electron chi connectivity index (χ0n) is 30.7. The average Bonchev–Trinajstić information content (AvgIpc) is 3.48. The highest BCUT2D eigenvalue weighted by atomic mass is 14.9. The van der Waals surface area contributed by atoms with Crippen LogP contribution in [0, 0.1) is 0 Å². The molecule has 0 spiro atoms. The first-order valence-corrected chi connectivity index (χ1v) is 19.1. The minimum atomic E-state index is -0.0559. The molecule has 1 aliphatic rings. The summed E-state index contributed by atoms with van der Waals surface area (Å²) in [4.78, 5) is 10.6. The molecular formula is C53H36N2. The highest BCUT2D eigenvalue weighted by Gasteiger charge is 2.35. The summed E-state index contributed by atoms with van der Waals surface area (Å²) in [5.41, 5.74) is 12.7. The SMILES string of the molecule is CC1(C)c2ccccc2-c2cc(-c3cc(-c4ccc(-c5c6ccccc6cc6c5ccc5ccccc56)c5ccccc45)nc(-c4ccccc4)n3)ccc21. The van der Waals surface area contributed by atoms with Crippen LogP contribution in [0.4, 0.5) is 0 Å². The number of nitrogens with zero attached hydrogens (tertiary/aromatic N) is 2. The van der Waals surface area contributed by atoms with Crippen LogP contribution in [0.3, 0.4) is 0 Å². The third-order valence-corrected chi connectivity index (χ3v) is 11.9. The van der Waals surface area contributed by atoms with Gasteiger partial charge in [0.05, 0.1) is 11.4 Å². The Morgan fingerprint density at radius 3 is 1.82 bits per heavy atom. The maximum Gasteiger partial charge on any atom is 0.160 e. The molecule has 2 heteroatoms. The molecule has 258 valence electrons. The quantitative estimate of drug-likeness (QED) is 0.135. The van der Waals surface area contributed by atoms with E-state index >= 15 is 0 Å². The van der Waals surface area contributed by atoms with E-state index in [0.29, 0.717) is 0 Å². The highest BCUT2D eigenvalue weighted by Crippen LogP contribution is 2.50. The monoisotopic (exact) mass is 700 g/mol. The summed E-state index contributed by atoms with van der Waals surface area (Å²) in [6, 6.07) is 66.1. The van der Waals surface area contributed by atoms with Crippen molar-refractivity contribution in [1.29, 1.82) is 0 Å². The summed E-state index contributed by atoms with van der Waals surface area (Å²) in [5, 5.41) is 9.90.